The maximum atomic E-state index is 12.4. The predicted molar refractivity (Wildman–Crippen MR) is 104 cm³/mol. The topological polar surface area (TPSA) is 57.8 Å². The summed E-state index contributed by atoms with van der Waals surface area (Å²) < 4.78 is 5.45. The molecule has 0 spiro atoms. The Hall–Kier alpha value is -2.53. The fourth-order valence-corrected chi connectivity index (χ4v) is 3.64. The van der Waals surface area contributed by atoms with Crippen molar-refractivity contribution < 1.29 is 9.21 Å². The van der Waals surface area contributed by atoms with Gasteiger partial charge < -0.3 is 14.6 Å². The molecule has 2 aliphatic heterocycles. The Morgan fingerprint density at radius 1 is 1.23 bits per heavy atom. The summed E-state index contributed by atoms with van der Waals surface area (Å²) in [7, 11) is 0. The number of piperidine rings is 1. The minimum Gasteiger partial charge on any atom is -0.465 e. The lowest BCUT2D eigenvalue weighted by Gasteiger charge is -2.31. The van der Waals surface area contributed by atoms with E-state index in [9.17, 15) is 4.79 Å². The number of hydrogen-bond acceptors (Lipinski definition) is 3. The molecule has 4 rings (SSSR count). The standard InChI is InChI=1S/C20H20ClN3O2/c21-16-3-1-4-17(12-16)23-20(25)24-8-6-14(7-9-24)18-11-15(13-22-18)19-5-2-10-26-19/h1-5,10-12,14H,6-9,13H2,(H,23,25). The first-order valence-electron chi connectivity index (χ1n) is 8.79. The van der Waals surface area contributed by atoms with Crippen LogP contribution in [0.15, 0.2) is 58.1 Å². The van der Waals surface area contributed by atoms with E-state index in [1.54, 1.807) is 18.4 Å². The molecule has 0 saturated carbocycles. The van der Waals surface area contributed by atoms with Gasteiger partial charge in [-0.25, -0.2) is 4.79 Å². The van der Waals surface area contributed by atoms with Crippen molar-refractivity contribution in [2.24, 2.45) is 10.9 Å². The molecule has 26 heavy (non-hydrogen) atoms. The van der Waals surface area contributed by atoms with Crippen LogP contribution in [0.2, 0.25) is 5.02 Å². The third-order valence-corrected chi connectivity index (χ3v) is 5.10. The number of amides is 2. The summed E-state index contributed by atoms with van der Waals surface area (Å²) in [5, 5.41) is 3.52. The van der Waals surface area contributed by atoms with E-state index in [4.69, 9.17) is 16.0 Å². The van der Waals surface area contributed by atoms with Gasteiger partial charge in [-0.15, -0.1) is 0 Å². The van der Waals surface area contributed by atoms with E-state index in [1.807, 2.05) is 29.2 Å². The van der Waals surface area contributed by atoms with Crippen LogP contribution >= 0.6 is 11.6 Å². The number of urea groups is 1. The van der Waals surface area contributed by atoms with E-state index in [0.717, 1.165) is 48.7 Å². The van der Waals surface area contributed by atoms with Crippen molar-refractivity contribution >= 4 is 34.6 Å². The van der Waals surface area contributed by atoms with E-state index >= 15 is 0 Å². The number of benzene rings is 1. The first kappa shape index (κ1) is 16.9. The number of anilines is 1. The number of allylic oxidation sites excluding steroid dienone is 1. The molecule has 1 fully saturated rings. The molecule has 134 valence electrons. The number of halogens is 1. The molecule has 0 radical (unpaired) electrons. The second-order valence-electron chi connectivity index (χ2n) is 6.59. The summed E-state index contributed by atoms with van der Waals surface area (Å²) in [6.45, 7) is 2.12. The van der Waals surface area contributed by atoms with Crippen molar-refractivity contribution in [1.82, 2.24) is 4.90 Å². The molecule has 0 unspecified atom stereocenters. The van der Waals surface area contributed by atoms with E-state index in [2.05, 4.69) is 16.4 Å². The maximum Gasteiger partial charge on any atom is 0.321 e. The maximum absolute atomic E-state index is 12.4. The number of hydrogen-bond donors (Lipinski definition) is 1. The van der Waals surface area contributed by atoms with Crippen LogP contribution < -0.4 is 5.32 Å². The molecule has 0 atom stereocenters. The minimum atomic E-state index is -0.0779. The van der Waals surface area contributed by atoms with Gasteiger partial charge in [0.25, 0.3) is 0 Å². The zero-order chi connectivity index (χ0) is 17.9. The molecular weight excluding hydrogens is 350 g/mol. The molecule has 0 bridgehead atoms. The van der Waals surface area contributed by atoms with Crippen LogP contribution in [0.25, 0.3) is 5.57 Å². The number of aliphatic imine (C=N–C) groups is 1. The number of carbonyl (C=O) groups excluding carboxylic acids is 1. The Morgan fingerprint density at radius 2 is 2.08 bits per heavy atom. The number of nitrogens with zero attached hydrogens (tertiary/aromatic N) is 2. The molecule has 1 aromatic heterocycles. The molecule has 2 aliphatic rings. The van der Waals surface area contributed by atoms with Crippen molar-refractivity contribution in [2.45, 2.75) is 12.8 Å². The predicted octanol–water partition coefficient (Wildman–Crippen LogP) is 4.72. The fourth-order valence-electron chi connectivity index (χ4n) is 3.45. The number of nitrogens with one attached hydrogen (secondary N) is 1. The molecule has 1 N–H and O–H groups in total. The number of rotatable bonds is 3. The highest BCUT2D eigenvalue weighted by Crippen LogP contribution is 2.27. The van der Waals surface area contributed by atoms with E-state index in [1.165, 1.54) is 0 Å². The van der Waals surface area contributed by atoms with E-state index < -0.39 is 0 Å². The highest BCUT2D eigenvalue weighted by atomic mass is 35.5. The Bertz CT molecular complexity index is 850. The Labute approximate surface area is 157 Å². The zero-order valence-electron chi connectivity index (χ0n) is 14.3. The van der Waals surface area contributed by atoms with Crippen LogP contribution in [-0.4, -0.2) is 36.3 Å². The summed E-state index contributed by atoms with van der Waals surface area (Å²) in [4.78, 5) is 19.0. The highest BCUT2D eigenvalue weighted by molar-refractivity contribution is 6.30. The summed E-state index contributed by atoms with van der Waals surface area (Å²) in [5.41, 5.74) is 2.98. The third-order valence-electron chi connectivity index (χ3n) is 4.87. The highest BCUT2D eigenvalue weighted by Gasteiger charge is 2.27. The molecule has 0 aliphatic carbocycles. The molecule has 3 heterocycles. The van der Waals surface area contributed by atoms with Crippen molar-refractivity contribution in [3.63, 3.8) is 0 Å². The molecule has 2 aromatic rings. The Balaban J connectivity index is 1.32. The summed E-state index contributed by atoms with van der Waals surface area (Å²) in [5.74, 6) is 1.29. The smallest absolute Gasteiger partial charge is 0.321 e. The lowest BCUT2D eigenvalue weighted by molar-refractivity contribution is 0.193. The van der Waals surface area contributed by atoms with Gasteiger partial charge in [-0.1, -0.05) is 17.7 Å². The van der Waals surface area contributed by atoms with Gasteiger partial charge in [0, 0.05) is 41.0 Å². The largest absolute Gasteiger partial charge is 0.465 e. The van der Waals surface area contributed by atoms with Crippen LogP contribution in [0, 0.1) is 5.92 Å². The zero-order valence-corrected chi connectivity index (χ0v) is 15.1. The van der Waals surface area contributed by atoms with Crippen molar-refractivity contribution in [3.05, 3.63) is 59.5 Å². The number of furan rings is 1. The molecule has 1 aromatic carbocycles. The van der Waals surface area contributed by atoms with Crippen LogP contribution in [0.5, 0.6) is 0 Å². The normalized spacial score (nSPS) is 17.8. The summed E-state index contributed by atoms with van der Waals surface area (Å²) in [6.07, 6.45) is 5.67. The number of carbonyl (C=O) groups is 1. The molecule has 1 saturated heterocycles. The lowest BCUT2D eigenvalue weighted by atomic mass is 9.91. The van der Waals surface area contributed by atoms with E-state index in [0.29, 0.717) is 17.5 Å². The average Bonchev–Trinajstić information content (AvgIpc) is 3.33. The van der Waals surface area contributed by atoms with Gasteiger partial charge in [0.1, 0.15) is 5.76 Å². The van der Waals surface area contributed by atoms with Crippen LogP contribution in [0.4, 0.5) is 10.5 Å². The van der Waals surface area contributed by atoms with Crippen molar-refractivity contribution in [1.29, 1.82) is 0 Å². The van der Waals surface area contributed by atoms with Crippen LogP contribution in [0.1, 0.15) is 18.6 Å². The fraction of sp³-hybridized carbons (Fsp3) is 0.300. The van der Waals surface area contributed by atoms with Gasteiger partial charge >= 0.3 is 6.03 Å². The van der Waals surface area contributed by atoms with Gasteiger partial charge in [0.15, 0.2) is 0 Å². The van der Waals surface area contributed by atoms with Crippen molar-refractivity contribution in [2.75, 3.05) is 25.0 Å². The first-order chi connectivity index (χ1) is 12.7. The summed E-state index contributed by atoms with van der Waals surface area (Å²) >= 11 is 5.96. The van der Waals surface area contributed by atoms with Crippen molar-refractivity contribution in [3.8, 4) is 0 Å². The van der Waals surface area contributed by atoms with Crippen LogP contribution in [-0.2, 0) is 0 Å². The number of likely N-dealkylation sites (tertiary alicyclic amines) is 1. The monoisotopic (exact) mass is 369 g/mol. The minimum absolute atomic E-state index is 0.0779. The first-order valence-corrected chi connectivity index (χ1v) is 9.17. The lowest BCUT2D eigenvalue weighted by Crippen LogP contribution is -2.42. The quantitative estimate of drug-likeness (QED) is 0.851. The SMILES string of the molecule is O=C(Nc1cccc(Cl)c1)N1CCC(C2=NCC(c3ccco3)=C2)CC1. The molecule has 6 heteroatoms. The van der Waals surface area contributed by atoms with Gasteiger partial charge in [-0.05, 0) is 49.2 Å². The second kappa shape index (κ2) is 7.38. The Kier molecular flexibility index (Phi) is 4.80. The second-order valence-corrected chi connectivity index (χ2v) is 7.03. The van der Waals surface area contributed by atoms with Crippen LogP contribution in [0.3, 0.4) is 0 Å². The van der Waals surface area contributed by atoms with Gasteiger partial charge in [0.2, 0.25) is 0 Å². The summed E-state index contributed by atoms with van der Waals surface area (Å²) in [6, 6.07) is 11.0. The Morgan fingerprint density at radius 3 is 2.81 bits per heavy atom. The van der Waals surface area contributed by atoms with Gasteiger partial charge in [0.05, 0.1) is 12.8 Å². The van der Waals surface area contributed by atoms with Gasteiger partial charge in [-0.2, -0.15) is 0 Å². The molecular formula is C20H20ClN3O2. The molecule has 5 nitrogen and oxygen atoms in total. The van der Waals surface area contributed by atoms with Gasteiger partial charge in [-0.3, -0.25) is 4.99 Å². The molecule has 2 amide bonds. The van der Waals surface area contributed by atoms with E-state index in [-0.39, 0.29) is 6.03 Å². The average molecular weight is 370 g/mol. The third kappa shape index (κ3) is 3.68.